The highest BCUT2D eigenvalue weighted by Gasteiger charge is 2.19. The fourth-order valence-electron chi connectivity index (χ4n) is 2.57. The van der Waals surface area contributed by atoms with Gasteiger partial charge in [0, 0.05) is 13.0 Å². The molecule has 0 aliphatic carbocycles. The lowest BCUT2D eigenvalue weighted by Gasteiger charge is -2.17. The van der Waals surface area contributed by atoms with E-state index >= 15 is 0 Å². The number of carbonyl (C=O) groups excluding carboxylic acids is 1. The van der Waals surface area contributed by atoms with Gasteiger partial charge in [0.1, 0.15) is 5.75 Å². The van der Waals surface area contributed by atoms with Crippen molar-refractivity contribution in [2.45, 2.75) is 38.0 Å². The highest BCUT2D eigenvalue weighted by atomic mass is 32.2. The zero-order valence-corrected chi connectivity index (χ0v) is 16.2. The van der Waals surface area contributed by atoms with E-state index in [0.717, 1.165) is 12.0 Å². The Bertz CT molecular complexity index is 894. The van der Waals surface area contributed by atoms with Gasteiger partial charge < -0.3 is 10.1 Å². The Morgan fingerprint density at radius 1 is 1.15 bits per heavy atom. The van der Waals surface area contributed by atoms with Crippen LogP contribution in [0.15, 0.2) is 47.4 Å². The number of methoxy groups -OCH3 is 1. The minimum atomic E-state index is -3.80. The first kappa shape index (κ1) is 19.8. The lowest BCUT2D eigenvalue weighted by Crippen LogP contribution is -2.15. The number of hydrogen-bond acceptors (Lipinski definition) is 4. The van der Waals surface area contributed by atoms with Crippen molar-refractivity contribution in [2.24, 2.45) is 0 Å². The van der Waals surface area contributed by atoms with E-state index in [1.54, 1.807) is 12.1 Å². The van der Waals surface area contributed by atoms with Crippen LogP contribution < -0.4 is 14.8 Å². The van der Waals surface area contributed by atoms with Gasteiger partial charge in [-0.2, -0.15) is 0 Å². The van der Waals surface area contributed by atoms with Crippen molar-refractivity contribution in [2.75, 3.05) is 17.1 Å². The number of anilines is 2. The number of ether oxygens (including phenoxy) is 1. The van der Waals surface area contributed by atoms with Crippen LogP contribution in [-0.4, -0.2) is 21.4 Å². The van der Waals surface area contributed by atoms with Crippen LogP contribution in [0.25, 0.3) is 0 Å². The summed E-state index contributed by atoms with van der Waals surface area (Å²) in [5.41, 5.74) is 1.92. The topological polar surface area (TPSA) is 84.5 Å². The SMILES string of the molecule is CC[C@@H](C)c1ccccc1NS(=O)(=O)c1ccc(NC(C)=O)c(OC)c1. The number of nitrogens with one attached hydrogen (secondary N) is 2. The fraction of sp³-hybridized carbons (Fsp3) is 0.316. The summed E-state index contributed by atoms with van der Waals surface area (Å²) in [5.74, 6) is 0.239. The molecule has 0 aliphatic rings. The maximum absolute atomic E-state index is 12.8. The van der Waals surface area contributed by atoms with Gasteiger partial charge in [-0.1, -0.05) is 32.0 Å². The van der Waals surface area contributed by atoms with Gasteiger partial charge in [-0.3, -0.25) is 9.52 Å². The third-order valence-electron chi connectivity index (χ3n) is 4.14. The van der Waals surface area contributed by atoms with E-state index < -0.39 is 10.0 Å². The highest BCUT2D eigenvalue weighted by molar-refractivity contribution is 7.92. The minimum Gasteiger partial charge on any atom is -0.495 e. The molecule has 1 amide bonds. The van der Waals surface area contributed by atoms with Crippen molar-refractivity contribution in [3.8, 4) is 5.75 Å². The fourth-order valence-corrected chi connectivity index (χ4v) is 3.68. The Hall–Kier alpha value is -2.54. The third kappa shape index (κ3) is 4.54. The average molecular weight is 376 g/mol. The molecule has 6 nitrogen and oxygen atoms in total. The molecule has 0 saturated carbocycles. The van der Waals surface area contributed by atoms with Crippen molar-refractivity contribution in [3.63, 3.8) is 0 Å². The first-order valence-electron chi connectivity index (χ1n) is 8.35. The molecular weight excluding hydrogens is 352 g/mol. The van der Waals surface area contributed by atoms with E-state index in [4.69, 9.17) is 4.74 Å². The van der Waals surface area contributed by atoms with Crippen molar-refractivity contribution in [1.29, 1.82) is 0 Å². The van der Waals surface area contributed by atoms with Gasteiger partial charge in [0.15, 0.2) is 0 Å². The molecule has 0 bridgehead atoms. The lowest BCUT2D eigenvalue weighted by molar-refractivity contribution is -0.114. The minimum absolute atomic E-state index is 0.0578. The monoisotopic (exact) mass is 376 g/mol. The van der Waals surface area contributed by atoms with Crippen LogP contribution in [0.2, 0.25) is 0 Å². The largest absolute Gasteiger partial charge is 0.495 e. The maximum atomic E-state index is 12.8. The standard InChI is InChI=1S/C19H24N2O4S/c1-5-13(2)16-8-6-7-9-17(16)21-26(23,24)15-10-11-18(20-14(3)22)19(12-15)25-4/h6-13,21H,5H2,1-4H3,(H,20,22)/t13-/m1/s1. The number of rotatable bonds is 7. The Kier molecular flexibility index (Phi) is 6.26. The summed E-state index contributed by atoms with van der Waals surface area (Å²) in [4.78, 5) is 11.3. The molecule has 26 heavy (non-hydrogen) atoms. The summed E-state index contributed by atoms with van der Waals surface area (Å²) in [7, 11) is -2.38. The molecule has 2 N–H and O–H groups in total. The van der Waals surface area contributed by atoms with Gasteiger partial charge in [-0.05, 0) is 36.1 Å². The molecule has 140 valence electrons. The van der Waals surface area contributed by atoms with Crippen molar-refractivity contribution < 1.29 is 17.9 Å². The zero-order chi connectivity index (χ0) is 19.3. The van der Waals surface area contributed by atoms with Gasteiger partial charge in [0.2, 0.25) is 5.91 Å². The number of para-hydroxylation sites is 1. The van der Waals surface area contributed by atoms with E-state index in [1.807, 2.05) is 12.1 Å². The molecule has 1 atom stereocenters. The number of carbonyl (C=O) groups is 1. The predicted octanol–water partition coefficient (Wildman–Crippen LogP) is 3.97. The van der Waals surface area contributed by atoms with Gasteiger partial charge in [-0.25, -0.2) is 8.42 Å². The third-order valence-corrected chi connectivity index (χ3v) is 5.51. The van der Waals surface area contributed by atoms with Crippen LogP contribution in [0.5, 0.6) is 5.75 Å². The Balaban J connectivity index is 2.38. The lowest BCUT2D eigenvalue weighted by atomic mass is 9.97. The van der Waals surface area contributed by atoms with E-state index in [-0.39, 0.29) is 22.5 Å². The molecule has 0 radical (unpaired) electrons. The van der Waals surface area contributed by atoms with Crippen molar-refractivity contribution in [1.82, 2.24) is 0 Å². The number of amides is 1. The van der Waals surface area contributed by atoms with Crippen molar-refractivity contribution in [3.05, 3.63) is 48.0 Å². The smallest absolute Gasteiger partial charge is 0.262 e. The van der Waals surface area contributed by atoms with E-state index in [1.165, 1.54) is 32.2 Å². The summed E-state index contributed by atoms with van der Waals surface area (Å²) in [6.07, 6.45) is 0.901. The summed E-state index contributed by atoms with van der Waals surface area (Å²) >= 11 is 0. The maximum Gasteiger partial charge on any atom is 0.262 e. The van der Waals surface area contributed by atoms with Gasteiger partial charge in [0.25, 0.3) is 10.0 Å². The van der Waals surface area contributed by atoms with E-state index in [2.05, 4.69) is 23.9 Å². The summed E-state index contributed by atoms with van der Waals surface area (Å²) < 4.78 is 33.5. The zero-order valence-electron chi connectivity index (χ0n) is 15.4. The molecule has 0 aromatic heterocycles. The second kappa shape index (κ2) is 8.23. The molecular formula is C19H24N2O4S. The van der Waals surface area contributed by atoms with Crippen LogP contribution in [0.4, 0.5) is 11.4 Å². The number of benzene rings is 2. The van der Waals surface area contributed by atoms with Gasteiger partial charge in [-0.15, -0.1) is 0 Å². The van der Waals surface area contributed by atoms with Gasteiger partial charge >= 0.3 is 0 Å². The molecule has 7 heteroatoms. The summed E-state index contributed by atoms with van der Waals surface area (Å²) in [5, 5.41) is 2.61. The van der Waals surface area contributed by atoms with E-state index in [9.17, 15) is 13.2 Å². The van der Waals surface area contributed by atoms with Crippen LogP contribution in [0.3, 0.4) is 0 Å². The summed E-state index contributed by atoms with van der Waals surface area (Å²) in [6.45, 7) is 5.48. The van der Waals surface area contributed by atoms with Crippen LogP contribution >= 0.6 is 0 Å². The average Bonchev–Trinajstić information content (AvgIpc) is 2.61. The number of sulfonamides is 1. The first-order valence-corrected chi connectivity index (χ1v) is 9.84. The Labute approximate surface area is 154 Å². The molecule has 0 spiro atoms. The van der Waals surface area contributed by atoms with Gasteiger partial charge in [0.05, 0.1) is 23.4 Å². The van der Waals surface area contributed by atoms with Crippen molar-refractivity contribution >= 4 is 27.3 Å². The molecule has 2 rings (SSSR count). The number of hydrogen-bond donors (Lipinski definition) is 2. The summed E-state index contributed by atoms with van der Waals surface area (Å²) in [6, 6.07) is 11.7. The normalized spacial score (nSPS) is 12.3. The van der Waals surface area contributed by atoms with Crippen LogP contribution in [0, 0.1) is 0 Å². The Morgan fingerprint density at radius 2 is 1.85 bits per heavy atom. The Morgan fingerprint density at radius 3 is 2.46 bits per heavy atom. The highest BCUT2D eigenvalue weighted by Crippen LogP contribution is 2.31. The first-order chi connectivity index (χ1) is 12.3. The van der Waals surface area contributed by atoms with E-state index in [0.29, 0.717) is 11.4 Å². The predicted molar refractivity (Wildman–Crippen MR) is 103 cm³/mol. The quantitative estimate of drug-likeness (QED) is 0.766. The van der Waals surface area contributed by atoms with Crippen LogP contribution in [0.1, 0.15) is 38.7 Å². The molecule has 0 unspecified atom stereocenters. The second-order valence-electron chi connectivity index (χ2n) is 6.05. The van der Waals surface area contributed by atoms with Crippen LogP contribution in [-0.2, 0) is 14.8 Å². The molecule has 2 aromatic rings. The molecule has 0 aliphatic heterocycles. The molecule has 0 heterocycles. The molecule has 0 fully saturated rings. The molecule has 0 saturated heterocycles. The molecule has 2 aromatic carbocycles. The second-order valence-corrected chi connectivity index (χ2v) is 7.73.